The molecular weight excluding hydrogens is 295 g/mol. The van der Waals surface area contributed by atoms with E-state index < -0.39 is 33.2 Å². The minimum atomic E-state index is -4.16. The van der Waals surface area contributed by atoms with Gasteiger partial charge in [-0.1, -0.05) is 0 Å². The Balaban J connectivity index is 2.47. The van der Waals surface area contributed by atoms with Gasteiger partial charge in [0.25, 0.3) is 10.0 Å². The van der Waals surface area contributed by atoms with Crippen molar-refractivity contribution in [3.63, 3.8) is 0 Å². The quantitative estimate of drug-likeness (QED) is 0.854. The number of aromatic nitrogens is 2. The molecule has 1 aromatic heterocycles. The monoisotopic (exact) mass is 305 g/mol. The molecular formula is C11H10F3N3O2S. The normalized spacial score (nSPS) is 11.7. The number of hydrogen-bond acceptors (Lipinski definition) is 3. The predicted octanol–water partition coefficient (Wildman–Crippen LogP) is 2.24. The van der Waals surface area contributed by atoms with Gasteiger partial charge in [0.2, 0.25) is 0 Å². The van der Waals surface area contributed by atoms with E-state index in [0.717, 1.165) is 0 Å². The molecule has 1 heterocycles. The van der Waals surface area contributed by atoms with Gasteiger partial charge < -0.3 is 0 Å². The van der Waals surface area contributed by atoms with Crippen LogP contribution in [-0.4, -0.2) is 18.6 Å². The highest BCUT2D eigenvalue weighted by molar-refractivity contribution is 7.92. The highest BCUT2D eigenvalue weighted by Crippen LogP contribution is 2.24. The predicted molar refractivity (Wildman–Crippen MR) is 65.2 cm³/mol. The molecule has 0 amide bonds. The lowest BCUT2D eigenvalue weighted by Crippen LogP contribution is -2.16. The minimum Gasteiger partial charge on any atom is -0.281 e. The molecule has 1 aromatic carbocycles. The first-order chi connectivity index (χ1) is 9.22. The molecule has 2 aromatic rings. The Morgan fingerprint density at radius 1 is 1.10 bits per heavy atom. The topological polar surface area (TPSA) is 74.8 Å². The standard InChI is InChI=1S/C11H10F3N3O2S/c1-5-11(6(2)16-15-5)20(18,19)17-10-4-8(13)7(12)3-9(10)14/h3-4,17H,1-2H3,(H,15,16). The maximum Gasteiger partial charge on any atom is 0.265 e. The van der Waals surface area contributed by atoms with Crippen LogP contribution in [0, 0.1) is 31.3 Å². The number of anilines is 1. The molecule has 0 fully saturated rings. The van der Waals surface area contributed by atoms with Crippen LogP contribution in [0.25, 0.3) is 0 Å². The van der Waals surface area contributed by atoms with Crippen molar-refractivity contribution >= 4 is 15.7 Å². The fraction of sp³-hybridized carbons (Fsp3) is 0.182. The van der Waals surface area contributed by atoms with Crippen molar-refractivity contribution < 1.29 is 21.6 Å². The van der Waals surface area contributed by atoms with Gasteiger partial charge in [0.15, 0.2) is 11.6 Å². The lowest BCUT2D eigenvalue weighted by Gasteiger charge is -2.09. The number of rotatable bonds is 3. The summed E-state index contributed by atoms with van der Waals surface area (Å²) in [4.78, 5) is -0.165. The molecule has 0 atom stereocenters. The van der Waals surface area contributed by atoms with E-state index in [1.165, 1.54) is 13.8 Å². The number of benzene rings is 1. The Kier molecular flexibility index (Phi) is 3.46. The van der Waals surface area contributed by atoms with Crippen molar-refractivity contribution in [3.05, 3.63) is 41.0 Å². The number of aromatic amines is 1. The molecule has 0 saturated carbocycles. The van der Waals surface area contributed by atoms with E-state index in [0.29, 0.717) is 6.07 Å². The third kappa shape index (κ3) is 2.48. The summed E-state index contributed by atoms with van der Waals surface area (Å²) in [7, 11) is -4.16. The van der Waals surface area contributed by atoms with E-state index in [1.807, 2.05) is 4.72 Å². The number of nitrogens with one attached hydrogen (secondary N) is 2. The molecule has 0 aliphatic rings. The SMILES string of the molecule is Cc1n[nH]c(C)c1S(=O)(=O)Nc1cc(F)c(F)cc1F. The van der Waals surface area contributed by atoms with Crippen molar-refractivity contribution in [3.8, 4) is 0 Å². The molecule has 0 unspecified atom stereocenters. The van der Waals surface area contributed by atoms with E-state index in [2.05, 4.69) is 10.2 Å². The fourth-order valence-electron chi connectivity index (χ4n) is 1.73. The van der Waals surface area contributed by atoms with E-state index in [1.54, 1.807) is 0 Å². The van der Waals surface area contributed by atoms with Crippen LogP contribution in [0.4, 0.5) is 18.9 Å². The second kappa shape index (κ2) is 4.82. The first-order valence-corrected chi connectivity index (χ1v) is 6.89. The average molecular weight is 305 g/mol. The van der Waals surface area contributed by atoms with Crippen molar-refractivity contribution in [1.29, 1.82) is 0 Å². The Bertz CT molecular complexity index is 752. The van der Waals surface area contributed by atoms with Crippen molar-refractivity contribution in [2.45, 2.75) is 18.7 Å². The second-order valence-corrected chi connectivity index (χ2v) is 5.73. The molecule has 0 aliphatic carbocycles. The number of hydrogen-bond donors (Lipinski definition) is 2. The molecule has 2 rings (SSSR count). The van der Waals surface area contributed by atoms with Gasteiger partial charge in [0.05, 0.1) is 17.1 Å². The van der Waals surface area contributed by atoms with E-state index >= 15 is 0 Å². The minimum absolute atomic E-state index is 0.165. The smallest absolute Gasteiger partial charge is 0.265 e. The molecule has 0 radical (unpaired) electrons. The number of sulfonamides is 1. The molecule has 0 aliphatic heterocycles. The summed E-state index contributed by atoms with van der Waals surface area (Å²) >= 11 is 0. The van der Waals surface area contributed by atoms with Gasteiger partial charge in [-0.3, -0.25) is 9.82 Å². The summed E-state index contributed by atoms with van der Waals surface area (Å²) in [5.41, 5.74) is -0.250. The second-order valence-electron chi connectivity index (χ2n) is 4.11. The van der Waals surface area contributed by atoms with Crippen LogP contribution in [0.3, 0.4) is 0 Å². The van der Waals surface area contributed by atoms with Gasteiger partial charge in [0.1, 0.15) is 10.7 Å². The maximum absolute atomic E-state index is 13.4. The van der Waals surface area contributed by atoms with Crippen molar-refractivity contribution in [1.82, 2.24) is 10.2 Å². The van der Waals surface area contributed by atoms with Crippen molar-refractivity contribution in [2.75, 3.05) is 4.72 Å². The van der Waals surface area contributed by atoms with Crippen LogP contribution in [0.2, 0.25) is 0 Å². The lowest BCUT2D eigenvalue weighted by atomic mass is 10.3. The number of aryl methyl sites for hydroxylation is 2. The van der Waals surface area contributed by atoms with Crippen LogP contribution in [0.5, 0.6) is 0 Å². The molecule has 5 nitrogen and oxygen atoms in total. The summed E-state index contributed by atoms with van der Waals surface area (Å²) in [5.74, 6) is -3.97. The Labute approximate surface area is 112 Å². The maximum atomic E-state index is 13.4. The molecule has 2 N–H and O–H groups in total. The van der Waals surface area contributed by atoms with Crippen LogP contribution in [0.15, 0.2) is 17.0 Å². The zero-order valence-electron chi connectivity index (χ0n) is 10.5. The number of H-pyrrole nitrogens is 1. The summed E-state index contributed by atoms with van der Waals surface area (Å²) in [5, 5.41) is 6.17. The van der Waals surface area contributed by atoms with Gasteiger partial charge in [-0.2, -0.15) is 5.10 Å². The van der Waals surface area contributed by atoms with Gasteiger partial charge >= 0.3 is 0 Å². The molecule has 0 bridgehead atoms. The molecule has 20 heavy (non-hydrogen) atoms. The van der Waals surface area contributed by atoms with Crippen LogP contribution in [0.1, 0.15) is 11.4 Å². The van der Waals surface area contributed by atoms with Crippen LogP contribution in [-0.2, 0) is 10.0 Å². The molecule has 0 spiro atoms. The first kappa shape index (κ1) is 14.4. The van der Waals surface area contributed by atoms with E-state index in [4.69, 9.17) is 0 Å². The zero-order valence-corrected chi connectivity index (χ0v) is 11.3. The number of nitrogens with zero attached hydrogens (tertiary/aromatic N) is 1. The van der Waals surface area contributed by atoms with Crippen LogP contribution < -0.4 is 4.72 Å². The molecule has 9 heteroatoms. The van der Waals surface area contributed by atoms with Gasteiger partial charge in [-0.05, 0) is 13.8 Å². The van der Waals surface area contributed by atoms with Crippen molar-refractivity contribution in [2.24, 2.45) is 0 Å². The Morgan fingerprint density at radius 2 is 1.70 bits per heavy atom. The third-order valence-corrected chi connectivity index (χ3v) is 4.21. The Morgan fingerprint density at radius 3 is 2.25 bits per heavy atom. The van der Waals surface area contributed by atoms with Crippen LogP contribution >= 0.6 is 0 Å². The molecule has 108 valence electrons. The van der Waals surface area contributed by atoms with Gasteiger partial charge in [0, 0.05) is 12.1 Å². The molecule has 0 saturated heterocycles. The average Bonchev–Trinajstić information content (AvgIpc) is 2.66. The van der Waals surface area contributed by atoms with Gasteiger partial charge in [-0.25, -0.2) is 21.6 Å². The summed E-state index contributed by atoms with van der Waals surface area (Å²) in [6.07, 6.45) is 0. The number of halogens is 3. The summed E-state index contributed by atoms with van der Waals surface area (Å²) < 4.78 is 65.3. The third-order valence-electron chi connectivity index (χ3n) is 2.58. The first-order valence-electron chi connectivity index (χ1n) is 5.41. The van der Waals surface area contributed by atoms with Gasteiger partial charge in [-0.15, -0.1) is 0 Å². The van der Waals surface area contributed by atoms with E-state index in [-0.39, 0.29) is 22.3 Å². The highest BCUT2D eigenvalue weighted by Gasteiger charge is 2.24. The largest absolute Gasteiger partial charge is 0.281 e. The summed E-state index contributed by atoms with van der Waals surface area (Å²) in [6.45, 7) is 2.91. The summed E-state index contributed by atoms with van der Waals surface area (Å²) in [6, 6.07) is 0.704. The van der Waals surface area contributed by atoms with E-state index in [9.17, 15) is 21.6 Å². The lowest BCUT2D eigenvalue weighted by molar-refractivity contribution is 0.496. The fourth-order valence-corrected chi connectivity index (χ4v) is 3.16. The highest BCUT2D eigenvalue weighted by atomic mass is 32.2. The Hall–Kier alpha value is -2.03. The zero-order chi connectivity index (χ0) is 15.1.